The molecule has 1 aliphatic carbocycles. The Balaban J connectivity index is 2.43. The van der Waals surface area contributed by atoms with Crippen LogP contribution in [0.25, 0.3) is 5.57 Å². The van der Waals surface area contributed by atoms with Crippen molar-refractivity contribution in [2.24, 2.45) is 7.05 Å². The first-order valence-electron chi connectivity index (χ1n) is 6.16. The molecule has 0 aromatic carbocycles. The summed E-state index contributed by atoms with van der Waals surface area (Å²) in [6.07, 6.45) is 8.80. The van der Waals surface area contributed by atoms with Crippen molar-refractivity contribution in [2.45, 2.75) is 39.7 Å². The Kier molecular flexibility index (Phi) is 3.36. The molecule has 0 saturated heterocycles. The molecule has 1 aliphatic rings. The molecule has 0 saturated carbocycles. The van der Waals surface area contributed by atoms with Crippen molar-refractivity contribution < 1.29 is 4.74 Å². The lowest BCUT2D eigenvalue weighted by Gasteiger charge is -2.12. The summed E-state index contributed by atoms with van der Waals surface area (Å²) in [6.45, 7) is 6.15. The molecule has 0 atom stereocenters. The highest BCUT2D eigenvalue weighted by Crippen LogP contribution is 2.33. The van der Waals surface area contributed by atoms with Crippen LogP contribution in [-0.4, -0.2) is 15.9 Å². The van der Waals surface area contributed by atoms with Crippen LogP contribution in [0.15, 0.2) is 18.2 Å². The van der Waals surface area contributed by atoms with Crippen molar-refractivity contribution in [2.75, 3.05) is 0 Å². The molecule has 0 fully saturated rings. The van der Waals surface area contributed by atoms with Crippen LogP contribution in [0.5, 0.6) is 5.88 Å². The topological polar surface area (TPSA) is 27.1 Å². The Bertz CT molecular complexity index is 467. The first-order chi connectivity index (χ1) is 8.09. The van der Waals surface area contributed by atoms with E-state index in [1.165, 1.54) is 16.8 Å². The molecular formula is C14H20N2O. The van der Waals surface area contributed by atoms with E-state index in [9.17, 15) is 0 Å². The second-order valence-corrected chi connectivity index (χ2v) is 4.71. The number of hydrogen-bond donors (Lipinski definition) is 0. The molecule has 1 heterocycles. The van der Waals surface area contributed by atoms with Crippen LogP contribution in [0, 0.1) is 6.92 Å². The van der Waals surface area contributed by atoms with Crippen LogP contribution in [-0.2, 0) is 7.05 Å². The van der Waals surface area contributed by atoms with Gasteiger partial charge in [0.2, 0.25) is 5.88 Å². The molecule has 0 radical (unpaired) electrons. The van der Waals surface area contributed by atoms with E-state index in [0.29, 0.717) is 0 Å². The molecule has 17 heavy (non-hydrogen) atoms. The molecule has 1 aromatic rings. The SMILES string of the molecule is Cc1c(C2=CC=CCC2)c(OC(C)C)nn1C. The van der Waals surface area contributed by atoms with Gasteiger partial charge in [0.05, 0.1) is 11.7 Å². The largest absolute Gasteiger partial charge is 0.473 e. The van der Waals surface area contributed by atoms with Crippen LogP contribution >= 0.6 is 0 Å². The number of rotatable bonds is 3. The van der Waals surface area contributed by atoms with Gasteiger partial charge in [-0.25, -0.2) is 0 Å². The average molecular weight is 232 g/mol. The van der Waals surface area contributed by atoms with Gasteiger partial charge in [0.1, 0.15) is 0 Å². The summed E-state index contributed by atoms with van der Waals surface area (Å²) in [7, 11) is 1.96. The second-order valence-electron chi connectivity index (χ2n) is 4.71. The third-order valence-electron chi connectivity index (χ3n) is 2.98. The molecule has 0 N–H and O–H groups in total. The maximum atomic E-state index is 5.80. The van der Waals surface area contributed by atoms with Crippen LogP contribution < -0.4 is 4.74 Å². The smallest absolute Gasteiger partial charge is 0.240 e. The molecule has 0 amide bonds. The highest BCUT2D eigenvalue weighted by Gasteiger charge is 2.19. The average Bonchev–Trinajstić information content (AvgIpc) is 2.55. The zero-order valence-electron chi connectivity index (χ0n) is 11.0. The Labute approximate surface area is 103 Å². The van der Waals surface area contributed by atoms with E-state index in [1.54, 1.807) is 0 Å². The molecule has 0 aliphatic heterocycles. The first-order valence-corrected chi connectivity index (χ1v) is 6.16. The van der Waals surface area contributed by atoms with Gasteiger partial charge in [-0.3, -0.25) is 4.68 Å². The molecular weight excluding hydrogens is 212 g/mol. The number of nitrogens with zero attached hydrogens (tertiary/aromatic N) is 2. The lowest BCUT2D eigenvalue weighted by Crippen LogP contribution is -2.07. The zero-order valence-corrected chi connectivity index (χ0v) is 11.0. The van der Waals surface area contributed by atoms with Crippen LogP contribution in [0.4, 0.5) is 0 Å². The minimum Gasteiger partial charge on any atom is -0.473 e. The molecule has 0 bridgehead atoms. The zero-order chi connectivity index (χ0) is 12.4. The third-order valence-corrected chi connectivity index (χ3v) is 2.98. The van der Waals surface area contributed by atoms with Gasteiger partial charge in [-0.05, 0) is 39.2 Å². The normalized spacial score (nSPS) is 15.2. The summed E-state index contributed by atoms with van der Waals surface area (Å²) >= 11 is 0. The minimum absolute atomic E-state index is 0.155. The van der Waals surface area contributed by atoms with E-state index in [4.69, 9.17) is 4.74 Å². The monoisotopic (exact) mass is 232 g/mol. The van der Waals surface area contributed by atoms with Crippen LogP contribution in [0.1, 0.15) is 37.9 Å². The van der Waals surface area contributed by atoms with Crippen molar-refractivity contribution in [3.8, 4) is 5.88 Å². The number of allylic oxidation sites excluding steroid dienone is 4. The molecule has 3 heteroatoms. The Morgan fingerprint density at radius 1 is 1.41 bits per heavy atom. The van der Waals surface area contributed by atoms with Gasteiger partial charge in [0.25, 0.3) is 0 Å². The summed E-state index contributed by atoms with van der Waals surface area (Å²) in [6, 6.07) is 0. The van der Waals surface area contributed by atoms with Gasteiger partial charge >= 0.3 is 0 Å². The molecule has 2 rings (SSSR count). The van der Waals surface area contributed by atoms with Gasteiger partial charge in [-0.1, -0.05) is 18.2 Å². The number of aromatic nitrogens is 2. The minimum atomic E-state index is 0.155. The summed E-state index contributed by atoms with van der Waals surface area (Å²) in [5.41, 5.74) is 3.67. The summed E-state index contributed by atoms with van der Waals surface area (Å²) in [4.78, 5) is 0. The predicted octanol–water partition coefficient (Wildman–Crippen LogP) is 3.25. The first kappa shape index (κ1) is 12.0. The molecule has 1 aromatic heterocycles. The molecule has 92 valence electrons. The van der Waals surface area contributed by atoms with Crippen molar-refractivity contribution in [3.63, 3.8) is 0 Å². The molecule has 0 spiro atoms. The Hall–Kier alpha value is -1.51. The third kappa shape index (κ3) is 2.43. The van der Waals surface area contributed by atoms with Gasteiger partial charge in [0.15, 0.2) is 0 Å². The van der Waals surface area contributed by atoms with Crippen molar-refractivity contribution in [3.05, 3.63) is 29.5 Å². The lowest BCUT2D eigenvalue weighted by molar-refractivity contribution is 0.230. The van der Waals surface area contributed by atoms with Crippen LogP contribution in [0.2, 0.25) is 0 Å². The van der Waals surface area contributed by atoms with E-state index < -0.39 is 0 Å². The van der Waals surface area contributed by atoms with E-state index >= 15 is 0 Å². The van der Waals surface area contributed by atoms with Gasteiger partial charge in [-0.15, -0.1) is 5.10 Å². The van der Waals surface area contributed by atoms with Gasteiger partial charge < -0.3 is 4.74 Å². The standard InChI is InChI=1S/C14H20N2O/c1-10(2)17-14-13(11(3)16(4)15-14)12-8-6-5-7-9-12/h5-6,8,10H,7,9H2,1-4H3. The molecule has 3 nitrogen and oxygen atoms in total. The fraction of sp³-hybridized carbons (Fsp3) is 0.500. The summed E-state index contributed by atoms with van der Waals surface area (Å²) < 4.78 is 7.70. The van der Waals surface area contributed by atoms with Crippen molar-refractivity contribution in [1.29, 1.82) is 0 Å². The summed E-state index contributed by atoms with van der Waals surface area (Å²) in [5.74, 6) is 0.765. The summed E-state index contributed by atoms with van der Waals surface area (Å²) in [5, 5.41) is 4.46. The maximum absolute atomic E-state index is 5.80. The fourth-order valence-corrected chi connectivity index (χ4v) is 2.06. The predicted molar refractivity (Wildman–Crippen MR) is 70.1 cm³/mol. The Morgan fingerprint density at radius 3 is 2.76 bits per heavy atom. The number of hydrogen-bond acceptors (Lipinski definition) is 2. The lowest BCUT2D eigenvalue weighted by atomic mass is 9.97. The fourth-order valence-electron chi connectivity index (χ4n) is 2.06. The quantitative estimate of drug-likeness (QED) is 0.800. The Morgan fingerprint density at radius 2 is 2.18 bits per heavy atom. The molecule has 0 unspecified atom stereocenters. The van der Waals surface area contributed by atoms with E-state index in [1.807, 2.05) is 25.6 Å². The van der Waals surface area contributed by atoms with Crippen molar-refractivity contribution in [1.82, 2.24) is 9.78 Å². The van der Waals surface area contributed by atoms with E-state index in [2.05, 4.69) is 30.3 Å². The van der Waals surface area contributed by atoms with Gasteiger partial charge in [0, 0.05) is 12.7 Å². The number of ether oxygens (including phenoxy) is 1. The van der Waals surface area contributed by atoms with Gasteiger partial charge in [-0.2, -0.15) is 0 Å². The van der Waals surface area contributed by atoms with E-state index in [0.717, 1.165) is 18.7 Å². The highest BCUT2D eigenvalue weighted by molar-refractivity contribution is 5.73. The van der Waals surface area contributed by atoms with Crippen LogP contribution in [0.3, 0.4) is 0 Å². The van der Waals surface area contributed by atoms with Crippen molar-refractivity contribution >= 4 is 5.57 Å². The maximum Gasteiger partial charge on any atom is 0.240 e. The highest BCUT2D eigenvalue weighted by atomic mass is 16.5. The number of aryl methyl sites for hydroxylation is 1. The van der Waals surface area contributed by atoms with E-state index in [-0.39, 0.29) is 6.10 Å². The second kappa shape index (κ2) is 4.78.